The van der Waals surface area contributed by atoms with E-state index in [0.29, 0.717) is 0 Å². The minimum absolute atomic E-state index is 0. The number of amides is 3. The highest BCUT2D eigenvalue weighted by atomic mass is 127. The normalized spacial score (nSPS) is 23.7. The molecule has 2 aliphatic heterocycles. The predicted molar refractivity (Wildman–Crippen MR) is 117 cm³/mol. The quantitative estimate of drug-likeness (QED) is 0.249. The molecule has 0 aliphatic carbocycles. The number of rotatable bonds is 4. The van der Waals surface area contributed by atoms with Crippen LogP contribution in [0, 0.1) is 12.8 Å². The van der Waals surface area contributed by atoms with Crippen LogP contribution in [-0.4, -0.2) is 60.0 Å². The number of urea groups is 1. The van der Waals surface area contributed by atoms with Crippen LogP contribution in [-0.2, 0) is 11.2 Å². The van der Waals surface area contributed by atoms with Gasteiger partial charge in [-0.25, -0.2) is 9.78 Å². The highest BCUT2D eigenvalue weighted by molar-refractivity contribution is 14.0. The molecule has 0 radical (unpaired) electrons. The Bertz CT molecular complexity index is 716. The van der Waals surface area contributed by atoms with Gasteiger partial charge in [-0.15, -0.1) is 35.3 Å². The molecule has 2 aliphatic rings. The maximum Gasteiger partial charge on any atom is 0.322 e. The van der Waals surface area contributed by atoms with Crippen LogP contribution in [0.25, 0.3) is 0 Å². The van der Waals surface area contributed by atoms with Gasteiger partial charge >= 0.3 is 6.03 Å². The summed E-state index contributed by atoms with van der Waals surface area (Å²) in [5.74, 6) is 0.781. The first-order valence-electron chi connectivity index (χ1n) is 8.92. The zero-order valence-corrected chi connectivity index (χ0v) is 19.0. The zero-order chi connectivity index (χ0) is 18.7. The summed E-state index contributed by atoms with van der Waals surface area (Å²) in [5.41, 5.74) is 0.299. The molecule has 1 aromatic heterocycles. The number of nitrogens with zero attached hydrogens (tertiary/aromatic N) is 3. The summed E-state index contributed by atoms with van der Waals surface area (Å²) in [6, 6.07) is -0.394. The fraction of sp³-hybridized carbons (Fsp3) is 0.647. The predicted octanol–water partition coefficient (Wildman–Crippen LogP) is 1.50. The summed E-state index contributed by atoms with van der Waals surface area (Å²) in [7, 11) is 1.79. The number of aliphatic imine (C=N–C) groups is 1. The molecule has 3 rings (SSSR count). The average molecular weight is 506 g/mol. The molecular formula is C17H27IN6O2S. The van der Waals surface area contributed by atoms with Crippen LogP contribution in [0.4, 0.5) is 4.79 Å². The number of piperidine rings is 1. The lowest BCUT2D eigenvalue weighted by Gasteiger charge is -2.39. The molecule has 0 saturated carbocycles. The van der Waals surface area contributed by atoms with Crippen LogP contribution in [0.2, 0.25) is 0 Å². The number of hydrogen-bond donors (Lipinski definition) is 3. The van der Waals surface area contributed by atoms with Crippen LogP contribution in [0.5, 0.6) is 0 Å². The highest BCUT2D eigenvalue weighted by Gasteiger charge is 2.48. The molecule has 0 spiro atoms. The van der Waals surface area contributed by atoms with Crippen LogP contribution in [0.1, 0.15) is 30.5 Å². The van der Waals surface area contributed by atoms with E-state index in [1.54, 1.807) is 18.4 Å². The first-order chi connectivity index (χ1) is 12.4. The molecule has 1 unspecified atom stereocenters. The molecule has 150 valence electrons. The van der Waals surface area contributed by atoms with E-state index in [2.05, 4.69) is 36.2 Å². The summed E-state index contributed by atoms with van der Waals surface area (Å²) < 4.78 is 0. The van der Waals surface area contributed by atoms with Gasteiger partial charge in [-0.2, -0.15) is 0 Å². The van der Waals surface area contributed by atoms with Crippen molar-refractivity contribution in [2.75, 3.05) is 26.7 Å². The highest BCUT2D eigenvalue weighted by Crippen LogP contribution is 2.30. The third-order valence-electron chi connectivity index (χ3n) is 5.23. The second-order valence-electron chi connectivity index (χ2n) is 6.95. The summed E-state index contributed by atoms with van der Waals surface area (Å²) in [6.45, 7) is 6.22. The van der Waals surface area contributed by atoms with Crippen LogP contribution >= 0.6 is 35.3 Å². The number of likely N-dealkylation sites (tertiary alicyclic amines) is 1. The summed E-state index contributed by atoms with van der Waals surface area (Å²) in [4.78, 5) is 34.6. The molecule has 3 amide bonds. The van der Waals surface area contributed by atoms with Gasteiger partial charge < -0.3 is 15.5 Å². The van der Waals surface area contributed by atoms with Crippen LogP contribution < -0.4 is 16.0 Å². The number of guanidine groups is 1. The summed E-state index contributed by atoms with van der Waals surface area (Å²) in [5, 5.41) is 11.7. The molecular weight excluding hydrogens is 479 g/mol. The molecule has 3 N–H and O–H groups in total. The fourth-order valence-corrected chi connectivity index (χ4v) is 4.32. The van der Waals surface area contributed by atoms with Crippen molar-refractivity contribution in [2.24, 2.45) is 10.9 Å². The maximum absolute atomic E-state index is 12.1. The number of hydrogen-bond acceptors (Lipinski definition) is 5. The minimum atomic E-state index is -0.803. The molecule has 1 aromatic rings. The summed E-state index contributed by atoms with van der Waals surface area (Å²) in [6.07, 6.45) is 2.52. The van der Waals surface area contributed by atoms with E-state index in [0.717, 1.165) is 55.6 Å². The maximum atomic E-state index is 12.1. The Labute approximate surface area is 180 Å². The number of thiazole rings is 1. The Kier molecular flexibility index (Phi) is 7.43. The van der Waals surface area contributed by atoms with Gasteiger partial charge in [-0.1, -0.05) is 0 Å². The van der Waals surface area contributed by atoms with E-state index in [1.807, 2.05) is 13.8 Å². The van der Waals surface area contributed by atoms with Crippen molar-refractivity contribution in [1.82, 2.24) is 25.8 Å². The molecule has 2 saturated heterocycles. The van der Waals surface area contributed by atoms with Gasteiger partial charge in [0, 0.05) is 38.5 Å². The molecule has 27 heavy (non-hydrogen) atoms. The van der Waals surface area contributed by atoms with E-state index in [1.165, 1.54) is 0 Å². The van der Waals surface area contributed by atoms with Crippen LogP contribution in [0.15, 0.2) is 10.4 Å². The van der Waals surface area contributed by atoms with E-state index >= 15 is 0 Å². The number of halogens is 1. The van der Waals surface area contributed by atoms with Gasteiger partial charge in [0.15, 0.2) is 5.96 Å². The topological polar surface area (TPSA) is 98.7 Å². The van der Waals surface area contributed by atoms with Crippen molar-refractivity contribution in [3.63, 3.8) is 0 Å². The third kappa shape index (κ3) is 4.89. The SMILES string of the molecule is CN=C(NCCc1csc(C)n1)N1CCC(C2(C)NC(=O)NC2=O)CC1.I. The molecule has 2 fully saturated rings. The lowest BCUT2D eigenvalue weighted by atomic mass is 9.79. The van der Waals surface area contributed by atoms with Crippen molar-refractivity contribution >= 4 is 53.2 Å². The minimum Gasteiger partial charge on any atom is -0.356 e. The van der Waals surface area contributed by atoms with Crippen LogP contribution in [0.3, 0.4) is 0 Å². The standard InChI is InChI=1S/C17H26N6O2S.HI/c1-11-20-13(10-26-11)4-7-19-15(18-3)23-8-5-12(6-9-23)17(2)14(24)21-16(25)22-17;/h10,12H,4-9H2,1-3H3,(H,18,19)(H2,21,22,24,25);1H. The second-order valence-corrected chi connectivity index (χ2v) is 8.02. The molecule has 10 heteroatoms. The van der Waals surface area contributed by atoms with E-state index in [9.17, 15) is 9.59 Å². The molecule has 0 bridgehead atoms. The number of imide groups is 1. The molecule has 3 heterocycles. The average Bonchev–Trinajstić information content (AvgIpc) is 3.15. The zero-order valence-electron chi connectivity index (χ0n) is 15.9. The van der Waals surface area contributed by atoms with Gasteiger partial charge in [-0.3, -0.25) is 15.1 Å². The Morgan fingerprint density at radius 1 is 1.44 bits per heavy atom. The second kappa shape index (κ2) is 9.18. The summed E-state index contributed by atoms with van der Waals surface area (Å²) >= 11 is 1.67. The van der Waals surface area contributed by atoms with Gasteiger partial charge in [0.2, 0.25) is 0 Å². The number of carbonyl (C=O) groups excluding carboxylic acids is 2. The fourth-order valence-electron chi connectivity index (χ4n) is 3.67. The van der Waals surface area contributed by atoms with Crippen molar-refractivity contribution in [3.05, 3.63) is 16.1 Å². The smallest absolute Gasteiger partial charge is 0.322 e. The largest absolute Gasteiger partial charge is 0.356 e. The lowest BCUT2D eigenvalue weighted by molar-refractivity contribution is -0.125. The van der Waals surface area contributed by atoms with Gasteiger partial charge in [-0.05, 0) is 32.6 Å². The Hall–Kier alpha value is -1.43. The monoisotopic (exact) mass is 506 g/mol. The third-order valence-corrected chi connectivity index (χ3v) is 6.05. The van der Waals surface area contributed by atoms with Crippen molar-refractivity contribution in [2.45, 2.75) is 38.6 Å². The molecule has 0 aromatic carbocycles. The molecule has 1 atom stereocenters. The lowest BCUT2D eigenvalue weighted by Crippen LogP contribution is -2.55. The number of carbonyl (C=O) groups is 2. The first kappa shape index (κ1) is 21.9. The Morgan fingerprint density at radius 3 is 2.67 bits per heavy atom. The number of aryl methyl sites for hydroxylation is 1. The first-order valence-corrected chi connectivity index (χ1v) is 9.80. The van der Waals surface area contributed by atoms with Crippen molar-refractivity contribution in [1.29, 1.82) is 0 Å². The Morgan fingerprint density at radius 2 is 2.15 bits per heavy atom. The van der Waals surface area contributed by atoms with Gasteiger partial charge in [0.1, 0.15) is 5.54 Å². The van der Waals surface area contributed by atoms with E-state index < -0.39 is 11.6 Å². The van der Waals surface area contributed by atoms with Gasteiger partial charge in [0.05, 0.1) is 10.7 Å². The number of nitrogens with one attached hydrogen (secondary N) is 3. The Balaban J connectivity index is 0.00000261. The molecule has 8 nitrogen and oxygen atoms in total. The van der Waals surface area contributed by atoms with Crippen molar-refractivity contribution in [3.8, 4) is 0 Å². The van der Waals surface area contributed by atoms with Crippen molar-refractivity contribution < 1.29 is 9.59 Å². The number of aromatic nitrogens is 1. The van der Waals surface area contributed by atoms with E-state index in [4.69, 9.17) is 0 Å². The van der Waals surface area contributed by atoms with Gasteiger partial charge in [0.25, 0.3) is 5.91 Å². The van der Waals surface area contributed by atoms with E-state index in [-0.39, 0.29) is 35.8 Å².